The lowest BCUT2D eigenvalue weighted by molar-refractivity contribution is -0.149. The van der Waals surface area contributed by atoms with Crippen molar-refractivity contribution in [2.24, 2.45) is 0 Å². The zero-order chi connectivity index (χ0) is 15.2. The summed E-state index contributed by atoms with van der Waals surface area (Å²) in [7, 11) is 0. The third-order valence-electron chi connectivity index (χ3n) is 3.83. The topological polar surface area (TPSA) is 32.8 Å². The van der Waals surface area contributed by atoms with Crippen LogP contribution in [-0.4, -0.2) is 54.6 Å². The molecule has 1 saturated heterocycles. The minimum Gasteiger partial charge on any atom is -0.366 e. The van der Waals surface area contributed by atoms with Crippen molar-refractivity contribution in [2.75, 3.05) is 32.8 Å². The van der Waals surface area contributed by atoms with Crippen molar-refractivity contribution in [1.29, 1.82) is 0 Å². The summed E-state index contributed by atoms with van der Waals surface area (Å²) >= 11 is 0. The van der Waals surface area contributed by atoms with E-state index in [1.165, 1.54) is 12.1 Å². The summed E-state index contributed by atoms with van der Waals surface area (Å²) in [5.74, 6) is -0.290. The Labute approximate surface area is 125 Å². The first-order valence-electron chi connectivity index (χ1n) is 7.51. The number of hydrogen-bond acceptors (Lipinski definition) is 3. The summed E-state index contributed by atoms with van der Waals surface area (Å²) in [6, 6.07) is 6.37. The fourth-order valence-electron chi connectivity index (χ4n) is 2.54. The van der Waals surface area contributed by atoms with Crippen LogP contribution in [0, 0.1) is 5.82 Å². The number of rotatable bonds is 5. The largest absolute Gasteiger partial charge is 0.366 e. The van der Waals surface area contributed by atoms with Crippen LogP contribution in [0.3, 0.4) is 0 Å². The van der Waals surface area contributed by atoms with Gasteiger partial charge in [0.2, 0.25) is 0 Å². The highest BCUT2D eigenvalue weighted by atomic mass is 19.1. The maximum absolute atomic E-state index is 13.2. The molecule has 4 nitrogen and oxygen atoms in total. The van der Waals surface area contributed by atoms with Crippen LogP contribution >= 0.6 is 0 Å². The molecule has 0 bridgehead atoms. The van der Waals surface area contributed by atoms with E-state index in [2.05, 4.69) is 11.8 Å². The standard InChI is InChI=1S/C16H23FN2O2/c1-3-18-8-9-21-15(12-18)16(20)19(4-2)11-13-6-5-7-14(17)10-13/h5-7,10,15H,3-4,8-9,11-12H2,1-2H3/t15-/m1/s1. The van der Waals surface area contributed by atoms with Gasteiger partial charge in [0, 0.05) is 26.2 Å². The van der Waals surface area contributed by atoms with Crippen LogP contribution in [0.2, 0.25) is 0 Å². The van der Waals surface area contributed by atoms with Crippen LogP contribution in [0.4, 0.5) is 4.39 Å². The molecule has 1 aliphatic rings. The Balaban J connectivity index is 2.01. The average Bonchev–Trinajstić information content (AvgIpc) is 2.52. The van der Waals surface area contributed by atoms with Gasteiger partial charge in [0.05, 0.1) is 6.61 Å². The van der Waals surface area contributed by atoms with Gasteiger partial charge in [-0.2, -0.15) is 0 Å². The molecule has 1 aliphatic heterocycles. The molecule has 0 unspecified atom stereocenters. The highest BCUT2D eigenvalue weighted by Gasteiger charge is 2.29. The first-order valence-corrected chi connectivity index (χ1v) is 7.51. The van der Waals surface area contributed by atoms with Gasteiger partial charge in [0.15, 0.2) is 0 Å². The Morgan fingerprint density at radius 1 is 1.48 bits per heavy atom. The number of halogens is 1. The van der Waals surface area contributed by atoms with Gasteiger partial charge in [-0.15, -0.1) is 0 Å². The van der Waals surface area contributed by atoms with E-state index in [0.717, 1.165) is 18.7 Å². The molecule has 5 heteroatoms. The van der Waals surface area contributed by atoms with E-state index in [9.17, 15) is 9.18 Å². The van der Waals surface area contributed by atoms with Crippen molar-refractivity contribution >= 4 is 5.91 Å². The van der Waals surface area contributed by atoms with Crippen LogP contribution < -0.4 is 0 Å². The summed E-state index contributed by atoms with van der Waals surface area (Å²) in [6.45, 7) is 8.02. The number of likely N-dealkylation sites (N-methyl/N-ethyl adjacent to an activating group) is 2. The monoisotopic (exact) mass is 294 g/mol. The second-order valence-electron chi connectivity index (χ2n) is 5.23. The maximum atomic E-state index is 13.2. The molecule has 1 atom stereocenters. The molecule has 1 amide bonds. The lowest BCUT2D eigenvalue weighted by atomic mass is 10.1. The Bertz CT molecular complexity index is 481. The van der Waals surface area contributed by atoms with Gasteiger partial charge in [-0.25, -0.2) is 4.39 Å². The predicted molar refractivity (Wildman–Crippen MR) is 79.3 cm³/mol. The maximum Gasteiger partial charge on any atom is 0.253 e. The Hall–Kier alpha value is -1.46. The summed E-state index contributed by atoms with van der Waals surface area (Å²) < 4.78 is 18.8. The van der Waals surface area contributed by atoms with Crippen LogP contribution in [0.25, 0.3) is 0 Å². The smallest absolute Gasteiger partial charge is 0.253 e. The molecule has 2 rings (SSSR count). The predicted octanol–water partition coefficient (Wildman–Crippen LogP) is 1.89. The molecule has 21 heavy (non-hydrogen) atoms. The van der Waals surface area contributed by atoms with Crippen molar-refractivity contribution in [2.45, 2.75) is 26.5 Å². The number of nitrogens with zero attached hydrogens (tertiary/aromatic N) is 2. The molecule has 0 N–H and O–H groups in total. The van der Waals surface area contributed by atoms with E-state index in [-0.39, 0.29) is 11.7 Å². The lowest BCUT2D eigenvalue weighted by Gasteiger charge is -2.34. The molecular weight excluding hydrogens is 271 g/mol. The number of hydrogen-bond donors (Lipinski definition) is 0. The first kappa shape index (κ1) is 15.9. The molecule has 0 saturated carbocycles. The SMILES string of the molecule is CCN1CCO[C@@H](C(=O)N(CC)Cc2cccc(F)c2)C1. The van der Waals surface area contributed by atoms with E-state index in [1.54, 1.807) is 11.0 Å². The van der Waals surface area contributed by atoms with Crippen molar-refractivity contribution in [1.82, 2.24) is 9.80 Å². The molecule has 1 fully saturated rings. The van der Waals surface area contributed by atoms with E-state index in [1.807, 2.05) is 13.0 Å². The lowest BCUT2D eigenvalue weighted by Crippen LogP contribution is -2.50. The number of carbonyl (C=O) groups is 1. The minimum absolute atomic E-state index is 0.0140. The number of morpholine rings is 1. The highest BCUT2D eigenvalue weighted by Crippen LogP contribution is 2.12. The molecule has 0 radical (unpaired) electrons. The Kier molecular flexibility index (Phi) is 5.70. The van der Waals surface area contributed by atoms with Gasteiger partial charge in [-0.05, 0) is 31.2 Å². The molecule has 1 aromatic rings. The van der Waals surface area contributed by atoms with E-state index in [0.29, 0.717) is 26.2 Å². The Morgan fingerprint density at radius 3 is 2.95 bits per heavy atom. The number of carbonyl (C=O) groups excluding carboxylic acids is 1. The zero-order valence-corrected chi connectivity index (χ0v) is 12.7. The summed E-state index contributed by atoms with van der Waals surface area (Å²) in [5.41, 5.74) is 0.799. The second-order valence-corrected chi connectivity index (χ2v) is 5.23. The fraction of sp³-hybridized carbons (Fsp3) is 0.562. The average molecular weight is 294 g/mol. The van der Waals surface area contributed by atoms with E-state index in [4.69, 9.17) is 4.74 Å². The molecule has 1 heterocycles. The van der Waals surface area contributed by atoms with Gasteiger partial charge < -0.3 is 9.64 Å². The summed E-state index contributed by atoms with van der Waals surface area (Å²) in [5, 5.41) is 0. The highest BCUT2D eigenvalue weighted by molar-refractivity contribution is 5.81. The van der Waals surface area contributed by atoms with Gasteiger partial charge in [0.25, 0.3) is 5.91 Å². The van der Waals surface area contributed by atoms with Crippen molar-refractivity contribution in [3.63, 3.8) is 0 Å². The van der Waals surface area contributed by atoms with E-state index < -0.39 is 6.10 Å². The molecule has 116 valence electrons. The summed E-state index contributed by atoms with van der Waals surface area (Å²) in [4.78, 5) is 16.5. The zero-order valence-electron chi connectivity index (χ0n) is 12.7. The molecular formula is C16H23FN2O2. The van der Waals surface area contributed by atoms with Crippen LogP contribution in [0.15, 0.2) is 24.3 Å². The van der Waals surface area contributed by atoms with Gasteiger partial charge in [0.1, 0.15) is 11.9 Å². The minimum atomic E-state index is -0.410. The Morgan fingerprint density at radius 2 is 2.29 bits per heavy atom. The van der Waals surface area contributed by atoms with Crippen LogP contribution in [0.1, 0.15) is 19.4 Å². The number of amides is 1. The van der Waals surface area contributed by atoms with Crippen LogP contribution in [-0.2, 0) is 16.1 Å². The van der Waals surface area contributed by atoms with Gasteiger partial charge >= 0.3 is 0 Å². The molecule has 0 aromatic heterocycles. The summed E-state index contributed by atoms with van der Waals surface area (Å²) in [6.07, 6.45) is -0.410. The van der Waals surface area contributed by atoms with E-state index >= 15 is 0 Å². The second kappa shape index (κ2) is 7.52. The molecule has 0 aliphatic carbocycles. The normalized spacial score (nSPS) is 19.5. The van der Waals surface area contributed by atoms with Gasteiger partial charge in [-0.1, -0.05) is 19.1 Å². The van der Waals surface area contributed by atoms with Crippen LogP contribution in [0.5, 0.6) is 0 Å². The number of benzene rings is 1. The third kappa shape index (κ3) is 4.25. The van der Waals surface area contributed by atoms with Gasteiger partial charge in [-0.3, -0.25) is 9.69 Å². The first-order chi connectivity index (χ1) is 10.1. The molecule has 1 aromatic carbocycles. The quantitative estimate of drug-likeness (QED) is 0.831. The van der Waals surface area contributed by atoms with Crippen molar-refractivity contribution in [3.05, 3.63) is 35.6 Å². The third-order valence-corrected chi connectivity index (χ3v) is 3.83. The molecule has 0 spiro atoms. The fourth-order valence-corrected chi connectivity index (χ4v) is 2.54. The van der Waals surface area contributed by atoms with Crippen molar-refractivity contribution < 1.29 is 13.9 Å². The van der Waals surface area contributed by atoms with Crippen molar-refractivity contribution in [3.8, 4) is 0 Å². The number of ether oxygens (including phenoxy) is 1.